The number of unbranched alkanes of at least 4 members (excludes halogenated alkanes) is 5. The van der Waals surface area contributed by atoms with Crippen molar-refractivity contribution in [3.8, 4) is 0 Å². The largest absolute Gasteiger partial charge is 0.377 e. The molecule has 104 valence electrons. The van der Waals surface area contributed by atoms with E-state index in [1.165, 1.54) is 38.5 Å². The van der Waals surface area contributed by atoms with Crippen LogP contribution in [0, 0.1) is 0 Å². The van der Waals surface area contributed by atoms with Crippen LogP contribution in [0.1, 0.15) is 79.1 Å². The van der Waals surface area contributed by atoms with Gasteiger partial charge in [-0.25, -0.2) is 0 Å². The highest BCUT2D eigenvalue weighted by atomic mass is 16.5. The summed E-state index contributed by atoms with van der Waals surface area (Å²) in [6.45, 7) is 8.63. The van der Waals surface area contributed by atoms with Crippen molar-refractivity contribution in [1.82, 2.24) is 0 Å². The molecule has 0 aliphatic heterocycles. The maximum absolute atomic E-state index is 6.50. The van der Waals surface area contributed by atoms with E-state index in [1.807, 2.05) is 0 Å². The van der Waals surface area contributed by atoms with E-state index in [1.54, 1.807) is 7.11 Å². The van der Waals surface area contributed by atoms with Gasteiger partial charge in [0.15, 0.2) is 0 Å². The molecule has 0 aromatic heterocycles. The predicted octanol–water partition coefficient (Wildman–Crippen LogP) is 4.27. The van der Waals surface area contributed by atoms with Gasteiger partial charge >= 0.3 is 0 Å². The first-order chi connectivity index (χ1) is 7.93. The molecular formula is C15H33NO. The maximum Gasteiger partial charge on any atom is 0.0801 e. The second kappa shape index (κ2) is 8.10. The fourth-order valence-corrected chi connectivity index (χ4v) is 2.33. The molecule has 0 spiro atoms. The minimum absolute atomic E-state index is 0.188. The van der Waals surface area contributed by atoms with E-state index < -0.39 is 0 Å². The van der Waals surface area contributed by atoms with Gasteiger partial charge in [0.05, 0.1) is 5.60 Å². The average Bonchev–Trinajstić information content (AvgIpc) is 2.33. The van der Waals surface area contributed by atoms with Gasteiger partial charge in [-0.15, -0.1) is 0 Å². The lowest BCUT2D eigenvalue weighted by atomic mass is 9.77. The normalized spacial score (nSPS) is 15.9. The third-order valence-corrected chi connectivity index (χ3v) is 4.32. The molecule has 1 atom stereocenters. The zero-order valence-electron chi connectivity index (χ0n) is 12.6. The molecule has 0 saturated heterocycles. The van der Waals surface area contributed by atoms with E-state index in [2.05, 4.69) is 27.7 Å². The number of rotatable bonds is 10. The summed E-state index contributed by atoms with van der Waals surface area (Å²) in [7, 11) is 1.76. The first-order valence-corrected chi connectivity index (χ1v) is 7.27. The lowest BCUT2D eigenvalue weighted by Gasteiger charge is -2.42. The van der Waals surface area contributed by atoms with Gasteiger partial charge in [0.2, 0.25) is 0 Å². The van der Waals surface area contributed by atoms with Crippen molar-refractivity contribution >= 4 is 0 Å². The molecule has 0 aromatic carbocycles. The van der Waals surface area contributed by atoms with Crippen molar-refractivity contribution in [2.75, 3.05) is 7.11 Å². The van der Waals surface area contributed by atoms with Crippen LogP contribution in [0.3, 0.4) is 0 Å². The summed E-state index contributed by atoms with van der Waals surface area (Å²) in [6, 6.07) is 0. The highest BCUT2D eigenvalue weighted by Gasteiger charge is 2.39. The number of nitrogens with two attached hydrogens (primary N) is 1. The molecule has 0 radical (unpaired) electrons. The SMILES string of the molecule is CCCCCCCCC(N)(CC)C(C)(C)OC. The number of hydrogen-bond donors (Lipinski definition) is 1. The van der Waals surface area contributed by atoms with E-state index in [0.717, 1.165) is 12.8 Å². The van der Waals surface area contributed by atoms with Crippen molar-refractivity contribution in [2.24, 2.45) is 5.73 Å². The third kappa shape index (κ3) is 5.39. The Morgan fingerprint density at radius 2 is 1.47 bits per heavy atom. The van der Waals surface area contributed by atoms with Crippen LogP contribution in [0.25, 0.3) is 0 Å². The van der Waals surface area contributed by atoms with Crippen LogP contribution in [0.2, 0.25) is 0 Å². The van der Waals surface area contributed by atoms with E-state index in [0.29, 0.717) is 0 Å². The topological polar surface area (TPSA) is 35.2 Å². The van der Waals surface area contributed by atoms with Gasteiger partial charge in [0.1, 0.15) is 0 Å². The molecule has 2 N–H and O–H groups in total. The summed E-state index contributed by atoms with van der Waals surface area (Å²) in [5, 5.41) is 0. The molecule has 0 aromatic rings. The van der Waals surface area contributed by atoms with Crippen LogP contribution in [-0.4, -0.2) is 18.2 Å². The molecule has 0 heterocycles. The highest BCUT2D eigenvalue weighted by Crippen LogP contribution is 2.31. The first kappa shape index (κ1) is 16.9. The number of hydrogen-bond acceptors (Lipinski definition) is 2. The molecule has 2 nitrogen and oxygen atoms in total. The van der Waals surface area contributed by atoms with E-state index in [4.69, 9.17) is 10.5 Å². The number of ether oxygens (including phenoxy) is 1. The van der Waals surface area contributed by atoms with E-state index in [-0.39, 0.29) is 11.1 Å². The van der Waals surface area contributed by atoms with Crippen LogP contribution in [-0.2, 0) is 4.74 Å². The fourth-order valence-electron chi connectivity index (χ4n) is 2.33. The van der Waals surface area contributed by atoms with Crippen LogP contribution in [0.15, 0.2) is 0 Å². The van der Waals surface area contributed by atoms with Crippen LogP contribution in [0.5, 0.6) is 0 Å². The lowest BCUT2D eigenvalue weighted by Crippen LogP contribution is -2.57. The second-order valence-electron chi connectivity index (χ2n) is 5.74. The average molecular weight is 243 g/mol. The minimum atomic E-state index is -0.231. The highest BCUT2D eigenvalue weighted by molar-refractivity contribution is 4.98. The van der Waals surface area contributed by atoms with Gasteiger partial charge in [-0.1, -0.05) is 52.4 Å². The Balaban J connectivity index is 3.97. The minimum Gasteiger partial charge on any atom is -0.377 e. The van der Waals surface area contributed by atoms with Crippen LogP contribution in [0.4, 0.5) is 0 Å². The van der Waals surface area contributed by atoms with E-state index in [9.17, 15) is 0 Å². The molecule has 0 aliphatic rings. The zero-order chi connectivity index (χ0) is 13.4. The summed E-state index contributed by atoms with van der Waals surface area (Å²) >= 11 is 0. The Labute approximate surface area is 108 Å². The Morgan fingerprint density at radius 3 is 1.94 bits per heavy atom. The molecule has 0 amide bonds. The Hall–Kier alpha value is -0.0800. The van der Waals surface area contributed by atoms with Crippen molar-refractivity contribution in [2.45, 2.75) is 90.2 Å². The lowest BCUT2D eigenvalue weighted by molar-refractivity contribution is -0.0489. The summed E-state index contributed by atoms with van der Waals surface area (Å²) in [5.74, 6) is 0. The van der Waals surface area contributed by atoms with Crippen LogP contribution >= 0.6 is 0 Å². The summed E-state index contributed by atoms with van der Waals surface area (Å²) in [4.78, 5) is 0. The molecule has 0 rings (SSSR count). The quantitative estimate of drug-likeness (QED) is 0.582. The molecular weight excluding hydrogens is 210 g/mol. The molecule has 0 aliphatic carbocycles. The third-order valence-electron chi connectivity index (χ3n) is 4.32. The predicted molar refractivity (Wildman–Crippen MR) is 76.3 cm³/mol. The maximum atomic E-state index is 6.50. The zero-order valence-corrected chi connectivity index (χ0v) is 12.6. The standard InChI is InChI=1S/C15H33NO/c1-6-8-9-10-11-12-13-15(16,7-2)14(3,4)17-5/h6-13,16H2,1-5H3. The van der Waals surface area contributed by atoms with Gasteiger partial charge in [0.25, 0.3) is 0 Å². The van der Waals surface area contributed by atoms with Crippen LogP contribution < -0.4 is 5.73 Å². The van der Waals surface area contributed by atoms with Gasteiger partial charge in [0, 0.05) is 12.6 Å². The monoisotopic (exact) mass is 243 g/mol. The molecule has 1 unspecified atom stereocenters. The fraction of sp³-hybridized carbons (Fsp3) is 1.00. The molecule has 17 heavy (non-hydrogen) atoms. The summed E-state index contributed by atoms with van der Waals surface area (Å²) < 4.78 is 5.56. The van der Waals surface area contributed by atoms with Crippen molar-refractivity contribution in [1.29, 1.82) is 0 Å². The van der Waals surface area contributed by atoms with Crippen molar-refractivity contribution in [3.63, 3.8) is 0 Å². The summed E-state index contributed by atoms with van der Waals surface area (Å²) in [6.07, 6.45) is 9.96. The number of methoxy groups -OCH3 is 1. The Kier molecular flexibility index (Phi) is 8.06. The molecule has 0 saturated carbocycles. The molecule has 0 fully saturated rings. The van der Waals surface area contributed by atoms with Crippen molar-refractivity contribution in [3.05, 3.63) is 0 Å². The van der Waals surface area contributed by atoms with Gasteiger partial charge in [-0.05, 0) is 26.7 Å². The summed E-state index contributed by atoms with van der Waals surface area (Å²) in [5.41, 5.74) is 6.08. The second-order valence-corrected chi connectivity index (χ2v) is 5.74. The van der Waals surface area contributed by atoms with Gasteiger partial charge in [-0.3, -0.25) is 0 Å². The Bertz CT molecular complexity index is 191. The van der Waals surface area contributed by atoms with E-state index >= 15 is 0 Å². The van der Waals surface area contributed by atoms with Crippen molar-refractivity contribution < 1.29 is 4.74 Å². The smallest absolute Gasteiger partial charge is 0.0801 e. The Morgan fingerprint density at radius 1 is 0.941 bits per heavy atom. The molecule has 2 heteroatoms. The van der Waals surface area contributed by atoms with Gasteiger partial charge < -0.3 is 10.5 Å². The first-order valence-electron chi connectivity index (χ1n) is 7.27. The van der Waals surface area contributed by atoms with Gasteiger partial charge in [-0.2, -0.15) is 0 Å². The molecule has 0 bridgehead atoms.